The first-order chi connectivity index (χ1) is 13.9. The van der Waals surface area contributed by atoms with Crippen LogP contribution in [0.1, 0.15) is 6.42 Å². The Morgan fingerprint density at radius 1 is 1.31 bits per heavy atom. The second kappa shape index (κ2) is 7.94. The summed E-state index contributed by atoms with van der Waals surface area (Å²) in [7, 11) is -2.17. The second-order valence-corrected chi connectivity index (χ2v) is 9.53. The number of nitrogens with one attached hydrogen (secondary N) is 1. The van der Waals surface area contributed by atoms with Gasteiger partial charge in [0.2, 0.25) is 21.8 Å². The molecule has 0 saturated carbocycles. The predicted octanol–water partition coefficient (Wildman–Crippen LogP) is -0.325. The summed E-state index contributed by atoms with van der Waals surface area (Å²) in [5.74, 6) is -0.714. The van der Waals surface area contributed by atoms with Crippen LogP contribution in [0.25, 0.3) is 11.0 Å². The van der Waals surface area contributed by atoms with Crippen LogP contribution in [-0.2, 0) is 24.3 Å². The highest BCUT2D eigenvalue weighted by Crippen LogP contribution is 2.31. The van der Waals surface area contributed by atoms with Crippen LogP contribution >= 0.6 is 11.7 Å². The monoisotopic (exact) mass is 439 g/mol. The maximum absolute atomic E-state index is 13.0. The number of fused-ring (bicyclic) bond motifs is 1. The number of hydrogen-bond acceptors (Lipinski definition) is 8. The zero-order chi connectivity index (χ0) is 20.6. The quantitative estimate of drug-likeness (QED) is 0.587. The van der Waals surface area contributed by atoms with Crippen LogP contribution in [0.4, 0.5) is 0 Å². The lowest BCUT2D eigenvalue weighted by Gasteiger charge is -2.42. The molecule has 4 rings (SSSR count). The van der Waals surface area contributed by atoms with Crippen molar-refractivity contribution in [2.45, 2.75) is 17.4 Å². The van der Waals surface area contributed by atoms with Crippen LogP contribution in [0.2, 0.25) is 0 Å². The Balaban J connectivity index is 1.39. The lowest BCUT2D eigenvalue weighted by molar-refractivity contribution is -0.132. The number of ether oxygens (including phenoxy) is 1. The highest BCUT2D eigenvalue weighted by atomic mass is 32.2. The molecular formula is C17H21N5O5S2. The zero-order valence-electron chi connectivity index (χ0n) is 15.8. The molecule has 2 aliphatic heterocycles. The third-order valence-corrected chi connectivity index (χ3v) is 7.68. The molecule has 2 fully saturated rings. The number of benzene rings is 1. The Hall–Kier alpha value is -2.15. The molecule has 2 aliphatic rings. The maximum Gasteiger partial charge on any atom is 0.245 e. The van der Waals surface area contributed by atoms with Gasteiger partial charge in [0.05, 0.1) is 30.3 Å². The summed E-state index contributed by atoms with van der Waals surface area (Å²) in [5, 5.41) is 2.75. The summed E-state index contributed by atoms with van der Waals surface area (Å²) < 4.78 is 40.4. The molecule has 1 aromatic carbocycles. The average Bonchev–Trinajstić information content (AvgIpc) is 3.27. The van der Waals surface area contributed by atoms with Gasteiger partial charge in [0.25, 0.3) is 0 Å². The van der Waals surface area contributed by atoms with Crippen LogP contribution in [-0.4, -0.2) is 84.1 Å². The van der Waals surface area contributed by atoms with E-state index < -0.39 is 15.9 Å². The maximum atomic E-state index is 13.0. The molecule has 2 amide bonds. The van der Waals surface area contributed by atoms with E-state index in [1.54, 1.807) is 24.1 Å². The van der Waals surface area contributed by atoms with Gasteiger partial charge in [0.15, 0.2) is 0 Å². The van der Waals surface area contributed by atoms with Gasteiger partial charge in [-0.2, -0.15) is 13.1 Å². The lowest BCUT2D eigenvalue weighted by atomic mass is 10.1. The van der Waals surface area contributed by atoms with E-state index in [1.165, 1.54) is 10.4 Å². The summed E-state index contributed by atoms with van der Waals surface area (Å²) >= 11 is 0.970. The number of aromatic nitrogens is 2. The molecule has 1 aromatic heterocycles. The van der Waals surface area contributed by atoms with Gasteiger partial charge in [-0.15, -0.1) is 0 Å². The molecule has 0 radical (unpaired) electrons. The summed E-state index contributed by atoms with van der Waals surface area (Å²) in [6.45, 7) is 1.53. The van der Waals surface area contributed by atoms with E-state index in [-0.39, 0.29) is 42.3 Å². The minimum Gasteiger partial charge on any atom is -0.383 e. The van der Waals surface area contributed by atoms with Gasteiger partial charge in [0.1, 0.15) is 15.9 Å². The van der Waals surface area contributed by atoms with Crippen LogP contribution in [0.15, 0.2) is 23.1 Å². The zero-order valence-corrected chi connectivity index (χ0v) is 17.4. The Kier molecular flexibility index (Phi) is 5.51. The van der Waals surface area contributed by atoms with E-state index in [0.29, 0.717) is 30.7 Å². The Bertz CT molecular complexity index is 1030. The van der Waals surface area contributed by atoms with Crippen molar-refractivity contribution in [3.05, 3.63) is 18.2 Å². The Morgan fingerprint density at radius 3 is 2.86 bits per heavy atom. The highest BCUT2D eigenvalue weighted by Gasteiger charge is 2.46. The van der Waals surface area contributed by atoms with Gasteiger partial charge in [0, 0.05) is 39.7 Å². The highest BCUT2D eigenvalue weighted by molar-refractivity contribution is 7.89. The number of hydrogen-bond donors (Lipinski definition) is 1. The molecule has 3 heterocycles. The number of carbonyl (C=O) groups excluding carboxylic acids is 2. The van der Waals surface area contributed by atoms with Crippen molar-refractivity contribution in [1.82, 2.24) is 23.3 Å². The molecule has 1 unspecified atom stereocenters. The van der Waals surface area contributed by atoms with Gasteiger partial charge >= 0.3 is 0 Å². The minimum absolute atomic E-state index is 0.121. The van der Waals surface area contributed by atoms with Crippen molar-refractivity contribution in [2.75, 3.05) is 39.9 Å². The van der Waals surface area contributed by atoms with E-state index >= 15 is 0 Å². The minimum atomic E-state index is -3.72. The van der Waals surface area contributed by atoms with Gasteiger partial charge in [-0.1, -0.05) is 6.07 Å². The summed E-state index contributed by atoms with van der Waals surface area (Å²) in [4.78, 5) is 26.3. The number of methoxy groups -OCH3 is 1. The van der Waals surface area contributed by atoms with Gasteiger partial charge in [-0.3, -0.25) is 9.59 Å². The molecule has 0 aliphatic carbocycles. The van der Waals surface area contributed by atoms with E-state index in [0.717, 1.165) is 11.7 Å². The van der Waals surface area contributed by atoms with Gasteiger partial charge in [-0.05, 0) is 12.1 Å². The first kappa shape index (κ1) is 20.1. The van der Waals surface area contributed by atoms with Crippen molar-refractivity contribution in [1.29, 1.82) is 0 Å². The van der Waals surface area contributed by atoms with E-state index in [2.05, 4.69) is 14.1 Å². The van der Waals surface area contributed by atoms with Gasteiger partial charge < -0.3 is 15.0 Å². The van der Waals surface area contributed by atoms with Crippen molar-refractivity contribution < 1.29 is 22.7 Å². The summed E-state index contributed by atoms with van der Waals surface area (Å²) in [6.07, 6.45) is 0.145. The lowest BCUT2D eigenvalue weighted by Crippen LogP contribution is -2.61. The average molecular weight is 440 g/mol. The molecule has 2 saturated heterocycles. The van der Waals surface area contributed by atoms with Gasteiger partial charge in [-0.25, -0.2) is 8.42 Å². The number of amides is 2. The smallest absolute Gasteiger partial charge is 0.245 e. The van der Waals surface area contributed by atoms with E-state index in [1.807, 2.05) is 0 Å². The summed E-state index contributed by atoms with van der Waals surface area (Å²) in [5.41, 5.74) is 0.913. The van der Waals surface area contributed by atoms with Crippen LogP contribution in [0.5, 0.6) is 0 Å². The number of rotatable bonds is 7. The molecule has 2 aromatic rings. The number of nitrogens with zero attached hydrogens (tertiary/aromatic N) is 4. The molecule has 29 heavy (non-hydrogen) atoms. The second-order valence-electron chi connectivity index (χ2n) is 7.09. The number of sulfonamides is 1. The predicted molar refractivity (Wildman–Crippen MR) is 105 cm³/mol. The number of carbonyl (C=O) groups is 2. The molecule has 12 heteroatoms. The fraction of sp³-hybridized carbons (Fsp3) is 0.529. The molecular weight excluding hydrogens is 418 g/mol. The first-order valence-electron chi connectivity index (χ1n) is 9.19. The van der Waals surface area contributed by atoms with Crippen LogP contribution in [0.3, 0.4) is 0 Å². The van der Waals surface area contributed by atoms with Crippen LogP contribution in [0, 0.1) is 5.92 Å². The van der Waals surface area contributed by atoms with Crippen molar-refractivity contribution in [2.24, 2.45) is 5.92 Å². The molecule has 1 N–H and O–H groups in total. The molecule has 156 valence electrons. The standard InChI is InChI=1S/C17H21N5O5S2/c1-27-6-5-18-17(24)11-7-15(23)22(8-11)12-9-21(10-12)29(25,26)14-4-2-3-13-16(14)20-28-19-13/h2-4,11-12H,5-10H2,1H3,(H,18,24). The third-order valence-electron chi connectivity index (χ3n) is 5.27. The number of likely N-dealkylation sites (tertiary alicyclic amines) is 1. The largest absolute Gasteiger partial charge is 0.383 e. The summed E-state index contributed by atoms with van der Waals surface area (Å²) in [6, 6.07) is 4.66. The van der Waals surface area contributed by atoms with E-state index in [9.17, 15) is 18.0 Å². The molecule has 0 spiro atoms. The topological polar surface area (TPSA) is 122 Å². The molecule has 1 atom stereocenters. The van der Waals surface area contributed by atoms with Crippen LogP contribution < -0.4 is 5.32 Å². The van der Waals surface area contributed by atoms with Crippen molar-refractivity contribution in [3.63, 3.8) is 0 Å². The Labute approximate surface area is 172 Å². The fourth-order valence-corrected chi connectivity index (χ4v) is 5.89. The van der Waals surface area contributed by atoms with Crippen molar-refractivity contribution >= 4 is 44.6 Å². The molecule has 10 nitrogen and oxygen atoms in total. The Morgan fingerprint density at radius 2 is 2.10 bits per heavy atom. The first-order valence-corrected chi connectivity index (χ1v) is 11.4. The van der Waals surface area contributed by atoms with E-state index in [4.69, 9.17) is 4.74 Å². The van der Waals surface area contributed by atoms with Crippen molar-refractivity contribution in [3.8, 4) is 0 Å². The normalized spacial score (nSPS) is 20.9. The fourth-order valence-electron chi connectivity index (χ4n) is 3.62. The molecule has 0 bridgehead atoms. The third kappa shape index (κ3) is 3.72. The SMILES string of the molecule is COCCNC(=O)C1CC(=O)N(C2CN(S(=O)(=O)c3cccc4nsnc34)C2)C1.